The molecule has 0 aromatic heterocycles. The summed E-state index contributed by atoms with van der Waals surface area (Å²) in [6.07, 6.45) is 3.41. The summed E-state index contributed by atoms with van der Waals surface area (Å²) in [6.45, 7) is 2.61. The normalized spacial score (nSPS) is 10.7. The molecule has 0 saturated heterocycles. The van der Waals surface area contributed by atoms with Gasteiger partial charge in [0.2, 0.25) is 0 Å². The first-order chi connectivity index (χ1) is 8.99. The maximum atomic E-state index is 11.4. The molecule has 0 aliphatic heterocycles. The number of carbonyl (C=O) groups is 1. The molecular weight excluding hydrogens is 246 g/mol. The molecule has 2 N–H and O–H groups in total. The van der Waals surface area contributed by atoms with Gasteiger partial charge in [-0.25, -0.2) is 0 Å². The van der Waals surface area contributed by atoms with Crippen LogP contribution < -0.4 is 5.73 Å². The second-order valence-corrected chi connectivity index (χ2v) is 4.05. The SMILES string of the molecule is CCN(C)/C=C/c1ccc(C(=O)CN)cc1[N+](=O)[O-]. The zero-order valence-corrected chi connectivity index (χ0v) is 11.0. The molecule has 0 aliphatic carbocycles. The molecule has 1 aromatic carbocycles. The van der Waals surface area contributed by atoms with E-state index < -0.39 is 4.92 Å². The lowest BCUT2D eigenvalue weighted by Gasteiger charge is -2.09. The molecular formula is C13H17N3O3. The van der Waals surface area contributed by atoms with Crippen molar-refractivity contribution in [3.8, 4) is 0 Å². The minimum Gasteiger partial charge on any atom is -0.381 e. The average Bonchev–Trinajstić information content (AvgIpc) is 2.43. The topological polar surface area (TPSA) is 89.5 Å². The maximum absolute atomic E-state index is 11.4. The van der Waals surface area contributed by atoms with Crippen LogP contribution in [0, 0.1) is 10.1 Å². The summed E-state index contributed by atoms with van der Waals surface area (Å²) in [5, 5.41) is 11.0. The van der Waals surface area contributed by atoms with Crippen LogP contribution in [0.15, 0.2) is 24.4 Å². The predicted molar refractivity (Wildman–Crippen MR) is 73.8 cm³/mol. The van der Waals surface area contributed by atoms with Crippen LogP contribution in [-0.2, 0) is 0 Å². The zero-order valence-electron chi connectivity index (χ0n) is 11.0. The highest BCUT2D eigenvalue weighted by atomic mass is 16.6. The molecule has 0 radical (unpaired) electrons. The van der Waals surface area contributed by atoms with Gasteiger partial charge in [-0.1, -0.05) is 6.07 Å². The highest BCUT2D eigenvalue weighted by Crippen LogP contribution is 2.22. The van der Waals surface area contributed by atoms with E-state index in [1.807, 2.05) is 18.9 Å². The van der Waals surface area contributed by atoms with Gasteiger partial charge in [-0.3, -0.25) is 14.9 Å². The number of carbonyl (C=O) groups excluding carboxylic acids is 1. The Labute approximate surface area is 111 Å². The van der Waals surface area contributed by atoms with Gasteiger partial charge in [-0.05, 0) is 25.3 Å². The first-order valence-corrected chi connectivity index (χ1v) is 5.89. The third kappa shape index (κ3) is 3.89. The van der Waals surface area contributed by atoms with E-state index in [4.69, 9.17) is 5.73 Å². The smallest absolute Gasteiger partial charge is 0.277 e. The quantitative estimate of drug-likeness (QED) is 0.479. The van der Waals surface area contributed by atoms with Crippen LogP contribution in [0.5, 0.6) is 0 Å². The van der Waals surface area contributed by atoms with Gasteiger partial charge >= 0.3 is 0 Å². The van der Waals surface area contributed by atoms with Crippen LogP contribution in [-0.4, -0.2) is 35.7 Å². The lowest BCUT2D eigenvalue weighted by atomic mass is 10.1. The monoisotopic (exact) mass is 263 g/mol. The fourth-order valence-corrected chi connectivity index (χ4v) is 1.45. The van der Waals surface area contributed by atoms with E-state index in [9.17, 15) is 14.9 Å². The highest BCUT2D eigenvalue weighted by molar-refractivity contribution is 5.98. The van der Waals surface area contributed by atoms with Crippen LogP contribution in [0.2, 0.25) is 0 Å². The lowest BCUT2D eigenvalue weighted by Crippen LogP contribution is -2.13. The van der Waals surface area contributed by atoms with Gasteiger partial charge in [-0.15, -0.1) is 0 Å². The zero-order chi connectivity index (χ0) is 14.4. The molecule has 19 heavy (non-hydrogen) atoms. The second kappa shape index (κ2) is 6.65. The van der Waals surface area contributed by atoms with Gasteiger partial charge in [0.1, 0.15) is 0 Å². The Kier molecular flexibility index (Phi) is 5.20. The molecule has 0 unspecified atom stereocenters. The number of ketones is 1. The molecule has 1 rings (SSSR count). The summed E-state index contributed by atoms with van der Waals surface area (Å²) in [5.74, 6) is -0.315. The summed E-state index contributed by atoms with van der Waals surface area (Å²) < 4.78 is 0. The van der Waals surface area contributed by atoms with Crippen molar-refractivity contribution in [3.05, 3.63) is 45.6 Å². The third-order valence-electron chi connectivity index (χ3n) is 2.74. The number of benzene rings is 1. The molecule has 0 amide bonds. The molecule has 0 aliphatic rings. The van der Waals surface area contributed by atoms with Crippen LogP contribution in [0.25, 0.3) is 6.08 Å². The summed E-state index contributed by atoms with van der Waals surface area (Å²) in [6, 6.07) is 4.37. The highest BCUT2D eigenvalue weighted by Gasteiger charge is 2.15. The van der Waals surface area contributed by atoms with Crippen molar-refractivity contribution in [2.24, 2.45) is 5.73 Å². The van der Waals surface area contributed by atoms with Gasteiger partial charge in [0, 0.05) is 25.2 Å². The Balaban J connectivity index is 3.15. The fourth-order valence-electron chi connectivity index (χ4n) is 1.45. The molecule has 0 spiro atoms. The van der Waals surface area contributed by atoms with E-state index in [2.05, 4.69) is 0 Å². The number of nitrogens with two attached hydrogens (primary N) is 1. The Morgan fingerprint density at radius 3 is 2.74 bits per heavy atom. The molecule has 0 fully saturated rings. The van der Waals surface area contributed by atoms with Crippen LogP contribution >= 0.6 is 0 Å². The number of rotatable bonds is 6. The first kappa shape index (κ1) is 14.8. The van der Waals surface area contributed by atoms with Crippen LogP contribution in [0.4, 0.5) is 5.69 Å². The molecule has 0 heterocycles. The molecule has 0 saturated carbocycles. The fraction of sp³-hybridized carbons (Fsp3) is 0.308. The number of hydrogen-bond donors (Lipinski definition) is 1. The standard InChI is InChI=1S/C13H17N3O3/c1-3-15(2)7-6-10-4-5-11(13(17)9-14)8-12(10)16(18)19/h4-8H,3,9,14H2,1-2H3/b7-6+. The Morgan fingerprint density at radius 1 is 1.53 bits per heavy atom. The van der Waals surface area contributed by atoms with Crippen molar-refractivity contribution in [2.75, 3.05) is 20.1 Å². The van der Waals surface area contributed by atoms with Crippen molar-refractivity contribution in [3.63, 3.8) is 0 Å². The van der Waals surface area contributed by atoms with E-state index >= 15 is 0 Å². The number of Topliss-reactive ketones (excluding diaryl/α,β-unsaturated/α-hetero) is 1. The average molecular weight is 263 g/mol. The molecule has 6 nitrogen and oxygen atoms in total. The second-order valence-electron chi connectivity index (χ2n) is 4.05. The first-order valence-electron chi connectivity index (χ1n) is 5.89. The van der Waals surface area contributed by atoms with E-state index in [1.54, 1.807) is 24.4 Å². The summed E-state index contributed by atoms with van der Waals surface area (Å²) in [5.41, 5.74) is 5.86. The number of nitro groups is 1. The molecule has 6 heteroatoms. The number of nitro benzene ring substituents is 1. The van der Waals surface area contributed by atoms with Crippen molar-refractivity contribution >= 4 is 17.5 Å². The Morgan fingerprint density at radius 2 is 2.21 bits per heavy atom. The molecule has 102 valence electrons. The van der Waals surface area contributed by atoms with E-state index in [0.29, 0.717) is 5.56 Å². The Bertz CT molecular complexity index is 512. The lowest BCUT2D eigenvalue weighted by molar-refractivity contribution is -0.385. The van der Waals surface area contributed by atoms with Crippen LogP contribution in [0.1, 0.15) is 22.8 Å². The van der Waals surface area contributed by atoms with E-state index in [0.717, 1.165) is 6.54 Å². The molecule has 0 bridgehead atoms. The minimum absolute atomic E-state index is 0.0972. The van der Waals surface area contributed by atoms with Gasteiger partial charge in [0.05, 0.1) is 17.0 Å². The maximum Gasteiger partial charge on any atom is 0.277 e. The van der Waals surface area contributed by atoms with Crippen molar-refractivity contribution < 1.29 is 9.72 Å². The summed E-state index contributed by atoms with van der Waals surface area (Å²) in [4.78, 5) is 23.8. The summed E-state index contributed by atoms with van der Waals surface area (Å²) in [7, 11) is 1.87. The van der Waals surface area contributed by atoms with Gasteiger partial charge in [0.25, 0.3) is 5.69 Å². The minimum atomic E-state index is -0.501. The van der Waals surface area contributed by atoms with Gasteiger partial charge in [0.15, 0.2) is 5.78 Å². The molecule has 1 aromatic rings. The largest absolute Gasteiger partial charge is 0.381 e. The van der Waals surface area contributed by atoms with Crippen molar-refractivity contribution in [1.82, 2.24) is 4.90 Å². The van der Waals surface area contributed by atoms with Crippen LogP contribution in [0.3, 0.4) is 0 Å². The third-order valence-corrected chi connectivity index (χ3v) is 2.74. The Hall–Kier alpha value is -2.21. The predicted octanol–water partition coefficient (Wildman–Crippen LogP) is 1.66. The molecule has 0 atom stereocenters. The number of hydrogen-bond acceptors (Lipinski definition) is 5. The van der Waals surface area contributed by atoms with Crippen molar-refractivity contribution in [1.29, 1.82) is 0 Å². The van der Waals surface area contributed by atoms with E-state index in [-0.39, 0.29) is 23.6 Å². The van der Waals surface area contributed by atoms with Gasteiger partial charge in [-0.2, -0.15) is 0 Å². The van der Waals surface area contributed by atoms with Crippen molar-refractivity contribution in [2.45, 2.75) is 6.92 Å². The van der Waals surface area contributed by atoms with Gasteiger partial charge < -0.3 is 10.6 Å². The summed E-state index contributed by atoms with van der Waals surface area (Å²) >= 11 is 0. The van der Waals surface area contributed by atoms with E-state index in [1.165, 1.54) is 6.07 Å². The number of nitrogens with zero attached hydrogens (tertiary/aromatic N) is 2.